The van der Waals surface area contributed by atoms with E-state index in [1.165, 1.54) is 5.75 Å². The molecule has 0 saturated carbocycles. The lowest BCUT2D eigenvalue weighted by Gasteiger charge is -2.36. The van der Waals surface area contributed by atoms with E-state index in [9.17, 15) is 0 Å². The van der Waals surface area contributed by atoms with Crippen molar-refractivity contribution in [1.29, 1.82) is 0 Å². The predicted molar refractivity (Wildman–Crippen MR) is 102 cm³/mol. The molecule has 2 heterocycles. The van der Waals surface area contributed by atoms with Crippen molar-refractivity contribution >= 4 is 41.7 Å². The number of hydrogen-bond donors (Lipinski definition) is 1. The van der Waals surface area contributed by atoms with Crippen LogP contribution in [0.5, 0.6) is 0 Å². The second-order valence-electron chi connectivity index (χ2n) is 5.34. The highest BCUT2D eigenvalue weighted by Crippen LogP contribution is 2.24. The van der Waals surface area contributed by atoms with Crippen molar-refractivity contribution in [3.05, 3.63) is 18.5 Å². The van der Waals surface area contributed by atoms with Gasteiger partial charge in [0.15, 0.2) is 5.96 Å². The topological polar surface area (TPSA) is 45.5 Å². The van der Waals surface area contributed by atoms with E-state index in [0.29, 0.717) is 11.2 Å². The highest BCUT2D eigenvalue weighted by atomic mass is 127. The number of rotatable bonds is 4. The van der Waals surface area contributed by atoms with Crippen LogP contribution in [0.3, 0.4) is 0 Å². The summed E-state index contributed by atoms with van der Waals surface area (Å²) in [7, 11) is 1.86. The molecule has 1 saturated heterocycles. The maximum atomic E-state index is 4.42. The Morgan fingerprint density at radius 1 is 1.52 bits per heavy atom. The third-order valence-corrected chi connectivity index (χ3v) is 5.07. The van der Waals surface area contributed by atoms with Crippen molar-refractivity contribution < 1.29 is 0 Å². The quantitative estimate of drug-likeness (QED) is 0.458. The predicted octanol–water partition coefficient (Wildman–Crippen LogP) is 2.15. The van der Waals surface area contributed by atoms with Gasteiger partial charge in [-0.15, -0.1) is 24.0 Å². The zero-order valence-corrected chi connectivity index (χ0v) is 16.2. The molecule has 0 amide bonds. The van der Waals surface area contributed by atoms with Gasteiger partial charge in [-0.2, -0.15) is 16.9 Å². The van der Waals surface area contributed by atoms with Crippen molar-refractivity contribution in [3.8, 4) is 0 Å². The first-order valence-electron chi connectivity index (χ1n) is 7.25. The number of nitrogens with one attached hydrogen (secondary N) is 1. The van der Waals surface area contributed by atoms with Crippen LogP contribution in [-0.4, -0.2) is 58.3 Å². The number of halogens is 1. The van der Waals surface area contributed by atoms with Crippen molar-refractivity contribution in [2.75, 3.05) is 32.4 Å². The van der Waals surface area contributed by atoms with Gasteiger partial charge in [0.25, 0.3) is 0 Å². The minimum Gasteiger partial charge on any atom is -0.354 e. The second-order valence-corrected chi connectivity index (χ2v) is 6.69. The number of nitrogens with zero attached hydrogens (tertiary/aromatic N) is 4. The molecule has 1 aliphatic heterocycles. The number of thioether (sulfide) groups is 1. The Hall–Kier alpha value is -0.440. The maximum absolute atomic E-state index is 4.42. The van der Waals surface area contributed by atoms with E-state index >= 15 is 0 Å². The molecule has 120 valence electrons. The fourth-order valence-electron chi connectivity index (χ4n) is 2.32. The summed E-state index contributed by atoms with van der Waals surface area (Å²) in [6, 6.07) is 1.95. The van der Waals surface area contributed by atoms with Crippen LogP contribution in [0, 0.1) is 5.92 Å². The molecular weight excluding hydrogens is 397 g/mol. The lowest BCUT2D eigenvalue weighted by atomic mass is 10.1. The minimum absolute atomic E-state index is 0. The summed E-state index contributed by atoms with van der Waals surface area (Å²) < 4.78 is 1.93. The molecule has 2 rings (SSSR count). The van der Waals surface area contributed by atoms with Gasteiger partial charge >= 0.3 is 0 Å². The first kappa shape index (κ1) is 18.6. The summed E-state index contributed by atoms with van der Waals surface area (Å²) in [5, 5.41) is 8.35. The molecule has 21 heavy (non-hydrogen) atoms. The van der Waals surface area contributed by atoms with Crippen LogP contribution in [0.4, 0.5) is 0 Å². The Bertz CT molecular complexity index is 421. The van der Waals surface area contributed by atoms with Crippen LogP contribution in [-0.2, 0) is 6.54 Å². The molecule has 0 bridgehead atoms. The van der Waals surface area contributed by atoms with Gasteiger partial charge in [-0.05, 0) is 12.0 Å². The average molecular weight is 423 g/mol. The molecule has 0 radical (unpaired) electrons. The highest BCUT2D eigenvalue weighted by molar-refractivity contribution is 14.0. The zero-order chi connectivity index (χ0) is 14.4. The SMILES string of the molecule is CN=C(NCCn1cccn1)N1CCSC(C(C)C)C1.I. The van der Waals surface area contributed by atoms with E-state index in [1.807, 2.05) is 30.2 Å². The molecule has 1 N–H and O–H groups in total. The Morgan fingerprint density at radius 2 is 2.33 bits per heavy atom. The molecule has 0 spiro atoms. The molecule has 0 aliphatic carbocycles. The van der Waals surface area contributed by atoms with Crippen LogP contribution in [0.1, 0.15) is 13.8 Å². The summed E-state index contributed by atoms with van der Waals surface area (Å²) in [6.45, 7) is 8.48. The van der Waals surface area contributed by atoms with Gasteiger partial charge in [-0.25, -0.2) is 0 Å². The molecule has 0 aromatic carbocycles. The second kappa shape index (κ2) is 9.55. The van der Waals surface area contributed by atoms with Gasteiger partial charge in [0.1, 0.15) is 0 Å². The van der Waals surface area contributed by atoms with Gasteiger partial charge in [0.2, 0.25) is 0 Å². The molecule has 1 atom stereocenters. The largest absolute Gasteiger partial charge is 0.354 e. The maximum Gasteiger partial charge on any atom is 0.193 e. The summed E-state index contributed by atoms with van der Waals surface area (Å²) in [4.78, 5) is 6.80. The summed E-state index contributed by atoms with van der Waals surface area (Å²) in [5.74, 6) is 2.91. The van der Waals surface area contributed by atoms with Gasteiger partial charge in [0.05, 0.1) is 6.54 Å². The van der Waals surface area contributed by atoms with Crippen LogP contribution < -0.4 is 5.32 Å². The Balaban J connectivity index is 0.00000220. The number of aromatic nitrogens is 2. The van der Waals surface area contributed by atoms with Crippen molar-refractivity contribution in [1.82, 2.24) is 20.0 Å². The van der Waals surface area contributed by atoms with E-state index in [1.54, 1.807) is 0 Å². The molecule has 1 fully saturated rings. The molecule has 1 aliphatic rings. The van der Waals surface area contributed by atoms with Crippen molar-refractivity contribution in [2.45, 2.75) is 25.6 Å². The average Bonchev–Trinajstić information content (AvgIpc) is 2.97. The highest BCUT2D eigenvalue weighted by Gasteiger charge is 2.24. The smallest absolute Gasteiger partial charge is 0.193 e. The Kier molecular flexibility index (Phi) is 8.46. The van der Waals surface area contributed by atoms with Gasteiger partial charge in [-0.3, -0.25) is 9.67 Å². The third kappa shape index (κ3) is 5.69. The molecule has 7 heteroatoms. The van der Waals surface area contributed by atoms with Crippen molar-refractivity contribution in [3.63, 3.8) is 0 Å². The number of aliphatic imine (C=N–C) groups is 1. The number of hydrogen-bond acceptors (Lipinski definition) is 3. The van der Waals surface area contributed by atoms with Crippen LogP contribution >= 0.6 is 35.7 Å². The molecule has 1 aromatic rings. The van der Waals surface area contributed by atoms with Crippen LogP contribution in [0.15, 0.2) is 23.5 Å². The summed E-state index contributed by atoms with van der Waals surface area (Å²) >= 11 is 2.09. The summed E-state index contributed by atoms with van der Waals surface area (Å²) in [6.07, 6.45) is 3.79. The molecule has 1 unspecified atom stereocenters. The van der Waals surface area contributed by atoms with Crippen LogP contribution in [0.25, 0.3) is 0 Å². The first-order valence-corrected chi connectivity index (χ1v) is 8.30. The van der Waals surface area contributed by atoms with E-state index in [-0.39, 0.29) is 24.0 Å². The fourth-order valence-corrected chi connectivity index (χ4v) is 3.62. The number of guanidine groups is 1. The fraction of sp³-hybridized carbons (Fsp3) is 0.714. The normalized spacial score (nSPS) is 19.5. The van der Waals surface area contributed by atoms with Crippen LogP contribution in [0.2, 0.25) is 0 Å². The minimum atomic E-state index is 0. The lowest BCUT2D eigenvalue weighted by Crippen LogP contribution is -2.49. The Labute approximate surface area is 149 Å². The first-order chi connectivity index (χ1) is 9.70. The van der Waals surface area contributed by atoms with E-state index < -0.39 is 0 Å². The van der Waals surface area contributed by atoms with Gasteiger partial charge in [-0.1, -0.05) is 13.8 Å². The van der Waals surface area contributed by atoms with Gasteiger partial charge < -0.3 is 10.2 Å². The Morgan fingerprint density at radius 3 is 2.95 bits per heavy atom. The molecule has 5 nitrogen and oxygen atoms in total. The molecular formula is C14H26IN5S. The monoisotopic (exact) mass is 423 g/mol. The zero-order valence-electron chi connectivity index (χ0n) is 13.0. The summed E-state index contributed by atoms with van der Waals surface area (Å²) in [5.41, 5.74) is 0. The van der Waals surface area contributed by atoms with E-state index in [2.05, 4.69) is 45.9 Å². The lowest BCUT2D eigenvalue weighted by molar-refractivity contribution is 0.379. The third-order valence-electron chi connectivity index (χ3n) is 3.53. The standard InChI is InChI=1S/C14H25N5S.HI/c1-12(2)13-11-18(9-10-20-13)14(15-3)16-6-8-19-7-4-5-17-19;/h4-5,7,12-13H,6,8-11H2,1-3H3,(H,15,16);1H. The molecule has 1 aromatic heterocycles. The van der Waals surface area contributed by atoms with E-state index in [0.717, 1.165) is 32.1 Å². The van der Waals surface area contributed by atoms with Gasteiger partial charge in [0, 0.05) is 50.1 Å². The van der Waals surface area contributed by atoms with E-state index in [4.69, 9.17) is 0 Å². The van der Waals surface area contributed by atoms with Crippen molar-refractivity contribution in [2.24, 2.45) is 10.9 Å².